The summed E-state index contributed by atoms with van der Waals surface area (Å²) in [6, 6.07) is 8.05. The molecule has 0 radical (unpaired) electrons. The Morgan fingerprint density at radius 1 is 1.18 bits per heavy atom. The molecule has 1 heterocycles. The Balaban J connectivity index is 1.86. The normalized spacial score (nSPS) is 17.3. The van der Waals surface area contributed by atoms with Crippen molar-refractivity contribution in [3.63, 3.8) is 0 Å². The molecule has 0 spiro atoms. The summed E-state index contributed by atoms with van der Waals surface area (Å²) in [7, 11) is 0.301. The minimum absolute atomic E-state index is 0.301. The Morgan fingerprint density at radius 2 is 1.93 bits per heavy atom. The second kappa shape index (κ2) is 6.65. The highest BCUT2D eigenvalue weighted by Gasteiger charge is 2.36. The molecule has 0 aliphatic heterocycles. The van der Waals surface area contributed by atoms with Crippen LogP contribution in [0.15, 0.2) is 34.8 Å². The number of fused-ring (bicyclic) bond motifs is 5. The first kappa shape index (κ1) is 19.6. The minimum atomic E-state index is -0.979. The van der Waals surface area contributed by atoms with E-state index < -0.39 is 11.2 Å². The molecule has 0 saturated carbocycles. The smallest absolute Gasteiger partial charge is 0.311 e. The fourth-order valence-electron chi connectivity index (χ4n) is 3.64. The number of hydrogen-bond donors (Lipinski definition) is 1. The minimum Gasteiger partial charge on any atom is -0.456 e. The Hall–Kier alpha value is -1.75. The first-order valence-corrected chi connectivity index (χ1v) is 10.2. The number of benzene rings is 2. The van der Waals surface area contributed by atoms with Gasteiger partial charge >= 0.3 is 7.48 Å². The van der Waals surface area contributed by atoms with Gasteiger partial charge in [0.25, 0.3) is 0 Å². The summed E-state index contributed by atoms with van der Waals surface area (Å²) in [5.74, 6) is 0.491. The van der Waals surface area contributed by atoms with Crippen molar-refractivity contribution < 1.29 is 14.2 Å². The molecule has 3 nitrogen and oxygen atoms in total. The summed E-state index contributed by atoms with van der Waals surface area (Å²) in [4.78, 5) is 0. The van der Waals surface area contributed by atoms with Gasteiger partial charge in [-0.25, -0.2) is 0 Å². The van der Waals surface area contributed by atoms with Crippen molar-refractivity contribution in [2.24, 2.45) is 5.92 Å². The zero-order valence-corrected chi connectivity index (χ0v) is 17.9. The standard InChI is InChI=1S/C23H26BClO3/c1-13-6-7-14-8-9-15-19-18(27-21(15)16(14)12-13)11-10-17(25)20(19)24-28-23(4,5)22(2,3)26/h6-11,13,24,26H,12H2,1-5H3. The van der Waals surface area contributed by atoms with Gasteiger partial charge in [-0.2, -0.15) is 0 Å². The Bertz CT molecular complexity index is 1090. The van der Waals surface area contributed by atoms with Crippen molar-refractivity contribution in [2.45, 2.75) is 52.2 Å². The maximum atomic E-state index is 10.4. The molecule has 4 rings (SSSR count). The van der Waals surface area contributed by atoms with Gasteiger partial charge in [0.05, 0.1) is 11.2 Å². The lowest BCUT2D eigenvalue weighted by Crippen LogP contribution is -2.49. The Labute approximate surface area is 171 Å². The van der Waals surface area contributed by atoms with E-state index in [-0.39, 0.29) is 0 Å². The van der Waals surface area contributed by atoms with E-state index in [1.165, 1.54) is 11.1 Å². The molecule has 0 amide bonds. The first-order valence-electron chi connectivity index (χ1n) is 9.78. The van der Waals surface area contributed by atoms with Crippen LogP contribution in [0.3, 0.4) is 0 Å². The fourth-order valence-corrected chi connectivity index (χ4v) is 3.85. The lowest BCUT2D eigenvalue weighted by atomic mass is 9.80. The van der Waals surface area contributed by atoms with Crippen molar-refractivity contribution >= 4 is 52.6 Å². The zero-order chi connectivity index (χ0) is 20.3. The van der Waals surface area contributed by atoms with Crippen LogP contribution >= 0.6 is 11.6 Å². The average Bonchev–Trinajstić information content (AvgIpc) is 2.99. The van der Waals surface area contributed by atoms with Gasteiger partial charge in [0, 0.05) is 21.4 Å². The number of hydrogen-bond acceptors (Lipinski definition) is 3. The van der Waals surface area contributed by atoms with E-state index in [4.69, 9.17) is 20.7 Å². The highest BCUT2D eigenvalue weighted by molar-refractivity contribution is 6.58. The second-order valence-corrected chi connectivity index (χ2v) is 9.32. The van der Waals surface area contributed by atoms with Gasteiger partial charge in [0.2, 0.25) is 0 Å². The molecule has 28 heavy (non-hydrogen) atoms. The van der Waals surface area contributed by atoms with E-state index in [1.807, 2.05) is 26.0 Å². The molecular formula is C23H26BClO3. The highest BCUT2D eigenvalue weighted by atomic mass is 35.5. The fraction of sp³-hybridized carbons (Fsp3) is 0.391. The molecule has 1 aliphatic rings. The quantitative estimate of drug-likeness (QED) is 0.632. The summed E-state index contributed by atoms with van der Waals surface area (Å²) in [5.41, 5.74) is 3.42. The van der Waals surface area contributed by atoms with Gasteiger partial charge in [0.15, 0.2) is 0 Å². The number of furan rings is 1. The van der Waals surface area contributed by atoms with E-state index in [0.29, 0.717) is 18.4 Å². The van der Waals surface area contributed by atoms with E-state index >= 15 is 0 Å². The topological polar surface area (TPSA) is 42.6 Å². The molecule has 1 atom stereocenters. The van der Waals surface area contributed by atoms with Crippen LogP contribution in [0.25, 0.3) is 28.0 Å². The van der Waals surface area contributed by atoms with Gasteiger partial charge in [-0.3, -0.25) is 0 Å². The van der Waals surface area contributed by atoms with Gasteiger partial charge in [-0.05, 0) is 69.3 Å². The van der Waals surface area contributed by atoms with Crippen molar-refractivity contribution in [2.75, 3.05) is 0 Å². The lowest BCUT2D eigenvalue weighted by Gasteiger charge is -2.37. The van der Waals surface area contributed by atoms with Gasteiger partial charge in [-0.15, -0.1) is 0 Å². The van der Waals surface area contributed by atoms with Crippen molar-refractivity contribution in [3.05, 3.63) is 46.5 Å². The molecule has 0 fully saturated rings. The van der Waals surface area contributed by atoms with Crippen molar-refractivity contribution in [1.29, 1.82) is 0 Å². The molecule has 5 heteroatoms. The van der Waals surface area contributed by atoms with E-state index in [2.05, 4.69) is 31.2 Å². The van der Waals surface area contributed by atoms with E-state index in [0.717, 1.165) is 33.8 Å². The van der Waals surface area contributed by atoms with Crippen LogP contribution < -0.4 is 5.46 Å². The monoisotopic (exact) mass is 396 g/mol. The van der Waals surface area contributed by atoms with Crippen LogP contribution in [0.4, 0.5) is 0 Å². The lowest BCUT2D eigenvalue weighted by molar-refractivity contribution is -0.0893. The maximum Gasteiger partial charge on any atom is 0.311 e. The van der Waals surface area contributed by atoms with Crippen LogP contribution in [0.5, 0.6) is 0 Å². The average molecular weight is 397 g/mol. The molecule has 1 aromatic heterocycles. The van der Waals surface area contributed by atoms with Crippen LogP contribution in [0, 0.1) is 5.92 Å². The van der Waals surface area contributed by atoms with Gasteiger partial charge in [0.1, 0.15) is 11.2 Å². The molecule has 0 bridgehead atoms. The molecule has 1 N–H and O–H groups in total. The summed E-state index contributed by atoms with van der Waals surface area (Å²) in [6.45, 7) is 9.50. The highest BCUT2D eigenvalue weighted by Crippen LogP contribution is 2.36. The van der Waals surface area contributed by atoms with Crippen molar-refractivity contribution in [3.8, 4) is 0 Å². The summed E-state index contributed by atoms with van der Waals surface area (Å²) in [6.07, 6.45) is 5.39. The van der Waals surface area contributed by atoms with Crippen LogP contribution in [-0.2, 0) is 11.1 Å². The third kappa shape index (κ3) is 3.18. The van der Waals surface area contributed by atoms with Crippen LogP contribution in [-0.4, -0.2) is 23.8 Å². The summed E-state index contributed by atoms with van der Waals surface area (Å²) in [5, 5.41) is 13.1. The Morgan fingerprint density at radius 3 is 2.64 bits per heavy atom. The van der Waals surface area contributed by atoms with E-state index in [1.54, 1.807) is 13.8 Å². The third-order valence-electron chi connectivity index (χ3n) is 6.18. The molecule has 2 aromatic carbocycles. The van der Waals surface area contributed by atoms with Crippen LogP contribution in [0.2, 0.25) is 5.02 Å². The van der Waals surface area contributed by atoms with Crippen molar-refractivity contribution in [1.82, 2.24) is 0 Å². The number of halogens is 1. The molecule has 146 valence electrons. The SMILES string of the molecule is CC1C=Cc2ccc3c(oc4ccc(Cl)c(BOC(C)(C)C(C)(C)O)c43)c2C1. The zero-order valence-electron chi connectivity index (χ0n) is 17.1. The molecule has 1 aliphatic carbocycles. The second-order valence-electron chi connectivity index (χ2n) is 8.91. The van der Waals surface area contributed by atoms with E-state index in [9.17, 15) is 5.11 Å². The molecule has 0 saturated heterocycles. The Kier molecular flexibility index (Phi) is 4.65. The van der Waals surface area contributed by atoms with Crippen LogP contribution in [0.1, 0.15) is 45.7 Å². The predicted octanol–water partition coefficient (Wildman–Crippen LogP) is 4.99. The number of allylic oxidation sites excluding steroid dienone is 1. The van der Waals surface area contributed by atoms with Gasteiger partial charge < -0.3 is 14.2 Å². The van der Waals surface area contributed by atoms with Gasteiger partial charge in [-0.1, -0.05) is 36.7 Å². The maximum absolute atomic E-state index is 10.4. The largest absolute Gasteiger partial charge is 0.456 e. The molecular weight excluding hydrogens is 371 g/mol. The predicted molar refractivity (Wildman–Crippen MR) is 119 cm³/mol. The summed E-state index contributed by atoms with van der Waals surface area (Å²) < 4.78 is 12.4. The molecule has 3 aromatic rings. The first-order chi connectivity index (χ1) is 13.1. The number of rotatable bonds is 4. The molecule has 1 unspecified atom stereocenters. The summed E-state index contributed by atoms with van der Waals surface area (Å²) >= 11 is 6.57. The third-order valence-corrected chi connectivity index (χ3v) is 6.53. The number of aliphatic hydroxyl groups is 1.